The highest BCUT2D eigenvalue weighted by Gasteiger charge is 1.86. The van der Waals surface area contributed by atoms with Gasteiger partial charge >= 0.3 is 0 Å². The summed E-state index contributed by atoms with van der Waals surface area (Å²) in [4.78, 5) is 6.44. The first-order valence-electron chi connectivity index (χ1n) is 4.48. The molecule has 0 aliphatic heterocycles. The van der Waals surface area contributed by atoms with E-state index in [1.165, 1.54) is 5.56 Å². The van der Waals surface area contributed by atoms with E-state index in [1.54, 1.807) is 0 Å². The minimum Gasteiger partial charge on any atom is -0.308 e. The molecule has 0 fully saturated rings. The predicted molar refractivity (Wildman–Crippen MR) is 57.5 cm³/mol. The van der Waals surface area contributed by atoms with Crippen LogP contribution in [0.5, 0.6) is 0 Å². The Hall–Kier alpha value is -1.15. The van der Waals surface area contributed by atoms with Crippen molar-refractivity contribution in [3.05, 3.63) is 35.9 Å². The molecular formula is C11H16N2. The Balaban J connectivity index is 2.33. The summed E-state index contributed by atoms with van der Waals surface area (Å²) in [7, 11) is 4.11. The third-order valence-corrected chi connectivity index (χ3v) is 1.72. The van der Waals surface area contributed by atoms with Crippen LogP contribution in [-0.2, 0) is 0 Å². The summed E-state index contributed by atoms with van der Waals surface area (Å²) in [5.74, 6) is 0. The molecule has 0 saturated heterocycles. The number of hydrogen-bond donors (Lipinski definition) is 0. The van der Waals surface area contributed by atoms with Crippen molar-refractivity contribution in [2.45, 2.75) is 0 Å². The van der Waals surface area contributed by atoms with Gasteiger partial charge in [-0.3, -0.25) is 4.99 Å². The Morgan fingerprint density at radius 1 is 1.23 bits per heavy atom. The molecule has 1 aromatic rings. The summed E-state index contributed by atoms with van der Waals surface area (Å²) in [6.45, 7) is 1.87. The van der Waals surface area contributed by atoms with Crippen LogP contribution in [0, 0.1) is 0 Å². The summed E-state index contributed by atoms with van der Waals surface area (Å²) >= 11 is 0. The van der Waals surface area contributed by atoms with Crippen molar-refractivity contribution in [2.75, 3.05) is 27.2 Å². The van der Waals surface area contributed by atoms with Crippen LogP contribution in [0.15, 0.2) is 35.3 Å². The highest BCUT2D eigenvalue weighted by molar-refractivity contribution is 5.79. The van der Waals surface area contributed by atoms with E-state index in [0.717, 1.165) is 13.1 Å². The molecule has 70 valence electrons. The van der Waals surface area contributed by atoms with Crippen LogP contribution in [0.25, 0.3) is 0 Å². The molecule has 0 radical (unpaired) electrons. The monoisotopic (exact) mass is 176 g/mol. The van der Waals surface area contributed by atoms with Gasteiger partial charge in [0.1, 0.15) is 0 Å². The van der Waals surface area contributed by atoms with Crippen molar-refractivity contribution in [3.8, 4) is 0 Å². The summed E-state index contributed by atoms with van der Waals surface area (Å²) < 4.78 is 0. The average molecular weight is 176 g/mol. The molecule has 2 heteroatoms. The maximum atomic E-state index is 4.32. The van der Waals surface area contributed by atoms with Crippen LogP contribution in [-0.4, -0.2) is 38.3 Å². The molecule has 13 heavy (non-hydrogen) atoms. The number of rotatable bonds is 4. The summed E-state index contributed by atoms with van der Waals surface area (Å²) in [5, 5.41) is 0. The molecule has 0 N–H and O–H groups in total. The maximum Gasteiger partial charge on any atom is 0.0516 e. The van der Waals surface area contributed by atoms with Gasteiger partial charge in [-0.25, -0.2) is 0 Å². The molecule has 1 aromatic carbocycles. The lowest BCUT2D eigenvalue weighted by Gasteiger charge is -2.05. The Bertz CT molecular complexity index is 252. The first-order chi connectivity index (χ1) is 6.29. The summed E-state index contributed by atoms with van der Waals surface area (Å²) in [6.07, 6.45) is 1.92. The van der Waals surface area contributed by atoms with Gasteiger partial charge in [-0.2, -0.15) is 0 Å². The lowest BCUT2D eigenvalue weighted by atomic mass is 10.2. The van der Waals surface area contributed by atoms with E-state index >= 15 is 0 Å². The number of hydrogen-bond acceptors (Lipinski definition) is 2. The van der Waals surface area contributed by atoms with Crippen molar-refractivity contribution in [3.63, 3.8) is 0 Å². The second kappa shape index (κ2) is 5.49. The number of likely N-dealkylation sites (N-methyl/N-ethyl adjacent to an activating group) is 1. The van der Waals surface area contributed by atoms with Gasteiger partial charge in [0.2, 0.25) is 0 Å². The van der Waals surface area contributed by atoms with E-state index in [-0.39, 0.29) is 0 Å². The molecule has 0 aliphatic carbocycles. The fourth-order valence-corrected chi connectivity index (χ4v) is 0.967. The Morgan fingerprint density at radius 2 is 1.92 bits per heavy atom. The maximum absolute atomic E-state index is 4.32. The van der Waals surface area contributed by atoms with Crippen molar-refractivity contribution in [2.24, 2.45) is 4.99 Å². The Morgan fingerprint density at radius 3 is 2.54 bits per heavy atom. The molecule has 0 spiro atoms. The molecule has 1 rings (SSSR count). The fourth-order valence-electron chi connectivity index (χ4n) is 0.967. The Kier molecular flexibility index (Phi) is 4.19. The molecule has 0 unspecified atom stereocenters. The normalized spacial score (nSPS) is 11.3. The lowest BCUT2D eigenvalue weighted by molar-refractivity contribution is 0.421. The van der Waals surface area contributed by atoms with Gasteiger partial charge < -0.3 is 4.90 Å². The molecule has 0 saturated carbocycles. The highest BCUT2D eigenvalue weighted by Crippen LogP contribution is 1.93. The summed E-state index contributed by atoms with van der Waals surface area (Å²) in [5.41, 5.74) is 1.17. The minimum atomic E-state index is 0.863. The van der Waals surface area contributed by atoms with E-state index in [0.29, 0.717) is 0 Å². The van der Waals surface area contributed by atoms with Gasteiger partial charge in [0.05, 0.1) is 6.54 Å². The van der Waals surface area contributed by atoms with Crippen LogP contribution in [0.4, 0.5) is 0 Å². The van der Waals surface area contributed by atoms with Gasteiger partial charge in [-0.1, -0.05) is 30.3 Å². The summed E-state index contributed by atoms with van der Waals surface area (Å²) in [6, 6.07) is 10.2. The molecule has 0 aliphatic rings. The van der Waals surface area contributed by atoms with E-state index in [9.17, 15) is 0 Å². The molecule has 0 atom stereocenters. The van der Waals surface area contributed by atoms with Gasteiger partial charge in [-0.15, -0.1) is 0 Å². The van der Waals surface area contributed by atoms with Crippen LogP contribution in [0.1, 0.15) is 5.56 Å². The Labute approximate surface area is 79.9 Å². The zero-order valence-corrected chi connectivity index (χ0v) is 8.27. The van der Waals surface area contributed by atoms with Crippen LogP contribution < -0.4 is 0 Å². The predicted octanol–water partition coefficient (Wildman–Crippen LogP) is 1.67. The molecule has 0 heterocycles. The number of aliphatic imine (C=N–C) groups is 1. The molecule has 0 bridgehead atoms. The molecule has 0 aromatic heterocycles. The van der Waals surface area contributed by atoms with E-state index < -0.39 is 0 Å². The van der Waals surface area contributed by atoms with Crippen molar-refractivity contribution in [1.82, 2.24) is 4.90 Å². The second-order valence-corrected chi connectivity index (χ2v) is 3.25. The molecule has 2 nitrogen and oxygen atoms in total. The average Bonchev–Trinajstić information content (AvgIpc) is 2.14. The first-order valence-corrected chi connectivity index (χ1v) is 4.48. The largest absolute Gasteiger partial charge is 0.308 e. The van der Waals surface area contributed by atoms with Crippen LogP contribution >= 0.6 is 0 Å². The van der Waals surface area contributed by atoms with E-state index in [4.69, 9.17) is 0 Å². The third-order valence-electron chi connectivity index (χ3n) is 1.72. The quantitative estimate of drug-likeness (QED) is 0.637. The lowest BCUT2D eigenvalue weighted by Crippen LogP contribution is -2.15. The van der Waals surface area contributed by atoms with Crippen molar-refractivity contribution >= 4 is 6.21 Å². The number of nitrogens with zero attached hydrogens (tertiary/aromatic N) is 2. The SMILES string of the molecule is CN(C)CC/N=C/c1ccccc1. The zero-order valence-electron chi connectivity index (χ0n) is 8.27. The van der Waals surface area contributed by atoms with Crippen LogP contribution in [0.2, 0.25) is 0 Å². The molecular weight excluding hydrogens is 160 g/mol. The van der Waals surface area contributed by atoms with Gasteiger partial charge in [-0.05, 0) is 19.7 Å². The van der Waals surface area contributed by atoms with E-state index in [1.807, 2.05) is 24.4 Å². The zero-order chi connectivity index (χ0) is 9.52. The van der Waals surface area contributed by atoms with Crippen LogP contribution in [0.3, 0.4) is 0 Å². The van der Waals surface area contributed by atoms with Gasteiger partial charge in [0.25, 0.3) is 0 Å². The fraction of sp³-hybridized carbons (Fsp3) is 0.364. The van der Waals surface area contributed by atoms with Gasteiger partial charge in [0.15, 0.2) is 0 Å². The third kappa shape index (κ3) is 4.43. The smallest absolute Gasteiger partial charge is 0.0516 e. The van der Waals surface area contributed by atoms with Crippen molar-refractivity contribution < 1.29 is 0 Å². The standard InChI is InChI=1S/C11H16N2/c1-13(2)9-8-12-10-11-6-4-3-5-7-11/h3-7,10H,8-9H2,1-2H3/b12-10+. The minimum absolute atomic E-state index is 0.863. The highest BCUT2D eigenvalue weighted by atomic mass is 15.1. The molecule has 0 amide bonds. The van der Waals surface area contributed by atoms with Gasteiger partial charge in [0, 0.05) is 12.8 Å². The first kappa shape index (κ1) is 9.93. The van der Waals surface area contributed by atoms with E-state index in [2.05, 4.69) is 36.1 Å². The number of benzene rings is 1. The topological polar surface area (TPSA) is 15.6 Å². The second-order valence-electron chi connectivity index (χ2n) is 3.25. The van der Waals surface area contributed by atoms with Crippen molar-refractivity contribution in [1.29, 1.82) is 0 Å².